The van der Waals surface area contributed by atoms with Gasteiger partial charge in [-0.25, -0.2) is 4.68 Å². The maximum Gasteiger partial charge on any atom is 0.410 e. The number of carbonyl (C=O) groups excluding carboxylic acids is 1. The quantitative estimate of drug-likeness (QED) is 0.747. The summed E-state index contributed by atoms with van der Waals surface area (Å²) in [5.41, 5.74) is 0.797. The van der Waals surface area contributed by atoms with Crippen LogP contribution in [-0.2, 0) is 0 Å². The van der Waals surface area contributed by atoms with Gasteiger partial charge in [-0.05, 0) is 36.8 Å². The summed E-state index contributed by atoms with van der Waals surface area (Å²) in [5.74, 6) is 0.191. The molecule has 4 rings (SSSR count). The van der Waals surface area contributed by atoms with E-state index in [0.29, 0.717) is 30.2 Å². The highest BCUT2D eigenvalue weighted by Gasteiger charge is 2.48. The molecule has 1 fully saturated rings. The summed E-state index contributed by atoms with van der Waals surface area (Å²) < 4.78 is 42.6. The Morgan fingerprint density at radius 1 is 1.26 bits per heavy atom. The molecule has 31 heavy (non-hydrogen) atoms. The Hall–Kier alpha value is -2.58. The number of halogens is 3. The first kappa shape index (κ1) is 21.6. The average Bonchev–Trinajstić information content (AvgIpc) is 3.16. The van der Waals surface area contributed by atoms with Gasteiger partial charge in [0.05, 0.1) is 11.3 Å². The molecule has 1 saturated heterocycles. The van der Waals surface area contributed by atoms with Gasteiger partial charge in [0.1, 0.15) is 5.82 Å². The standard InChI is InChI=1S/C22H28F3N5O/c1-21(2,3)17-11-18(22(23,24)25)30-19(27-17)10-16(28-30)15-7-5-9-29(13-15)20(31)14-6-4-8-26-12-14/h4,6,8,10,12,15,17-18,27H,5,7,9,11,13H2,1-3H3/t15?,17-,18+/m0/s1. The fourth-order valence-corrected chi connectivity index (χ4v) is 4.44. The van der Waals surface area contributed by atoms with E-state index in [9.17, 15) is 18.0 Å². The van der Waals surface area contributed by atoms with Crippen LogP contribution in [0.2, 0.25) is 0 Å². The van der Waals surface area contributed by atoms with Crippen LogP contribution >= 0.6 is 0 Å². The second-order valence-electron chi connectivity index (χ2n) is 9.59. The minimum absolute atomic E-state index is 0.0581. The van der Waals surface area contributed by atoms with Crippen molar-refractivity contribution in [2.45, 2.75) is 64.2 Å². The second kappa shape index (κ2) is 7.84. The van der Waals surface area contributed by atoms with Crippen molar-refractivity contribution >= 4 is 11.7 Å². The maximum atomic E-state index is 13.8. The fourth-order valence-electron chi connectivity index (χ4n) is 4.44. The van der Waals surface area contributed by atoms with Gasteiger partial charge >= 0.3 is 6.18 Å². The number of hydrogen-bond donors (Lipinski definition) is 1. The number of rotatable bonds is 2. The Kier molecular flexibility index (Phi) is 5.47. The molecule has 2 aliphatic heterocycles. The summed E-state index contributed by atoms with van der Waals surface area (Å²) >= 11 is 0. The van der Waals surface area contributed by atoms with Crippen molar-refractivity contribution in [3.05, 3.63) is 41.9 Å². The molecule has 1 amide bonds. The summed E-state index contributed by atoms with van der Waals surface area (Å²) in [7, 11) is 0. The van der Waals surface area contributed by atoms with Crippen molar-refractivity contribution in [3.8, 4) is 0 Å². The number of nitrogens with zero attached hydrogens (tertiary/aromatic N) is 4. The normalized spacial score (nSPS) is 24.5. The Morgan fingerprint density at radius 2 is 2.03 bits per heavy atom. The molecule has 4 heterocycles. The van der Waals surface area contributed by atoms with E-state index in [1.54, 1.807) is 29.3 Å². The van der Waals surface area contributed by atoms with Crippen molar-refractivity contribution < 1.29 is 18.0 Å². The lowest BCUT2D eigenvalue weighted by atomic mass is 9.82. The Labute approximate surface area is 179 Å². The van der Waals surface area contributed by atoms with Gasteiger partial charge in [0, 0.05) is 43.5 Å². The highest BCUT2D eigenvalue weighted by atomic mass is 19.4. The number of aromatic nitrogens is 3. The zero-order valence-electron chi connectivity index (χ0n) is 18.0. The Bertz CT molecular complexity index is 935. The highest BCUT2D eigenvalue weighted by Crippen LogP contribution is 2.44. The number of hydrogen-bond acceptors (Lipinski definition) is 4. The van der Waals surface area contributed by atoms with E-state index in [1.165, 1.54) is 6.20 Å². The van der Waals surface area contributed by atoms with Gasteiger partial charge < -0.3 is 10.2 Å². The molecule has 2 aliphatic rings. The second-order valence-corrected chi connectivity index (χ2v) is 9.59. The first-order valence-corrected chi connectivity index (χ1v) is 10.7. The molecule has 6 nitrogen and oxygen atoms in total. The van der Waals surface area contributed by atoms with Crippen molar-refractivity contribution in [2.24, 2.45) is 5.41 Å². The van der Waals surface area contributed by atoms with Gasteiger partial charge in [-0.1, -0.05) is 20.8 Å². The molecule has 168 valence electrons. The van der Waals surface area contributed by atoms with Crippen LogP contribution in [0.5, 0.6) is 0 Å². The van der Waals surface area contributed by atoms with E-state index in [-0.39, 0.29) is 29.7 Å². The maximum absolute atomic E-state index is 13.8. The predicted octanol–water partition coefficient (Wildman–Crippen LogP) is 4.63. The van der Waals surface area contributed by atoms with Crippen molar-refractivity contribution in [1.82, 2.24) is 19.7 Å². The third-order valence-electron chi connectivity index (χ3n) is 6.29. The highest BCUT2D eigenvalue weighted by molar-refractivity contribution is 5.94. The molecule has 0 aliphatic carbocycles. The van der Waals surface area contributed by atoms with E-state index in [1.807, 2.05) is 20.8 Å². The number of piperidine rings is 1. The fraction of sp³-hybridized carbons (Fsp3) is 0.591. The average molecular weight is 435 g/mol. The molecule has 3 atom stereocenters. The van der Waals surface area contributed by atoms with Crippen molar-refractivity contribution in [1.29, 1.82) is 0 Å². The Balaban J connectivity index is 1.59. The molecule has 0 aromatic carbocycles. The zero-order valence-corrected chi connectivity index (χ0v) is 18.0. The van der Waals surface area contributed by atoms with Crippen LogP contribution in [0, 0.1) is 5.41 Å². The van der Waals surface area contributed by atoms with E-state index < -0.39 is 12.2 Å². The first-order chi connectivity index (χ1) is 14.5. The molecular formula is C22H28F3N5O. The van der Waals surface area contributed by atoms with Crippen LogP contribution in [0.4, 0.5) is 19.0 Å². The number of anilines is 1. The molecule has 1 unspecified atom stereocenters. The summed E-state index contributed by atoms with van der Waals surface area (Å²) in [4.78, 5) is 18.6. The van der Waals surface area contributed by atoms with E-state index >= 15 is 0 Å². The lowest BCUT2D eigenvalue weighted by Crippen LogP contribution is -2.44. The number of nitrogens with one attached hydrogen (secondary N) is 1. The minimum atomic E-state index is -4.38. The van der Waals surface area contributed by atoms with Crippen LogP contribution in [0.1, 0.15) is 68.0 Å². The monoisotopic (exact) mass is 435 g/mol. The smallest absolute Gasteiger partial charge is 0.367 e. The van der Waals surface area contributed by atoms with Crippen LogP contribution < -0.4 is 5.32 Å². The van der Waals surface area contributed by atoms with Crippen LogP contribution in [0.3, 0.4) is 0 Å². The molecule has 0 spiro atoms. The molecule has 0 saturated carbocycles. The van der Waals surface area contributed by atoms with Crippen LogP contribution in [-0.4, -0.2) is 50.9 Å². The summed E-state index contributed by atoms with van der Waals surface area (Å²) in [6, 6.07) is 3.20. The molecule has 2 aromatic heterocycles. The van der Waals surface area contributed by atoms with Crippen LogP contribution in [0.25, 0.3) is 0 Å². The zero-order chi connectivity index (χ0) is 22.4. The van der Waals surface area contributed by atoms with Crippen molar-refractivity contribution in [2.75, 3.05) is 18.4 Å². The summed E-state index contributed by atoms with van der Waals surface area (Å²) in [6.07, 6.45) is 0.272. The number of alkyl halides is 3. The number of carbonyl (C=O) groups is 1. The number of amides is 1. The topological polar surface area (TPSA) is 63.1 Å². The first-order valence-electron chi connectivity index (χ1n) is 10.7. The number of fused-ring (bicyclic) bond motifs is 1. The molecule has 0 radical (unpaired) electrons. The van der Waals surface area contributed by atoms with Crippen LogP contribution in [0.15, 0.2) is 30.6 Å². The van der Waals surface area contributed by atoms with Gasteiger partial charge in [-0.2, -0.15) is 18.3 Å². The summed E-state index contributed by atoms with van der Waals surface area (Å²) in [6.45, 7) is 6.87. The lowest BCUT2D eigenvalue weighted by molar-refractivity contribution is -0.175. The van der Waals surface area contributed by atoms with E-state index in [4.69, 9.17) is 0 Å². The summed E-state index contributed by atoms with van der Waals surface area (Å²) in [5, 5.41) is 7.66. The van der Waals surface area contributed by atoms with E-state index in [0.717, 1.165) is 17.5 Å². The molecule has 9 heteroatoms. The minimum Gasteiger partial charge on any atom is -0.367 e. The van der Waals surface area contributed by atoms with Gasteiger partial charge in [-0.15, -0.1) is 0 Å². The number of pyridine rings is 1. The largest absolute Gasteiger partial charge is 0.410 e. The van der Waals surface area contributed by atoms with E-state index in [2.05, 4.69) is 15.4 Å². The van der Waals surface area contributed by atoms with Gasteiger partial charge in [0.25, 0.3) is 5.91 Å². The molecule has 0 bridgehead atoms. The van der Waals surface area contributed by atoms with Gasteiger partial charge in [-0.3, -0.25) is 9.78 Å². The Morgan fingerprint density at radius 3 is 2.68 bits per heavy atom. The number of likely N-dealkylation sites (tertiary alicyclic amines) is 1. The van der Waals surface area contributed by atoms with Crippen molar-refractivity contribution in [3.63, 3.8) is 0 Å². The predicted molar refractivity (Wildman–Crippen MR) is 111 cm³/mol. The molecular weight excluding hydrogens is 407 g/mol. The SMILES string of the molecule is CC(C)(C)[C@@H]1C[C@H](C(F)(F)F)n2nc(C3CCCN(C(=O)c4cccnc4)C3)cc2N1. The third-order valence-corrected chi connectivity index (χ3v) is 6.29. The third kappa shape index (κ3) is 4.41. The molecule has 2 aromatic rings. The lowest BCUT2D eigenvalue weighted by Gasteiger charge is -2.39. The van der Waals surface area contributed by atoms with Gasteiger partial charge in [0.15, 0.2) is 6.04 Å². The molecule has 1 N–H and O–H groups in total. The van der Waals surface area contributed by atoms with Gasteiger partial charge in [0.2, 0.25) is 0 Å².